The van der Waals surface area contributed by atoms with Gasteiger partial charge in [-0.2, -0.15) is 0 Å². The van der Waals surface area contributed by atoms with Gasteiger partial charge in [-0.25, -0.2) is 0 Å². The van der Waals surface area contributed by atoms with Crippen molar-refractivity contribution in [1.29, 1.82) is 0 Å². The highest BCUT2D eigenvalue weighted by molar-refractivity contribution is 5.90. The van der Waals surface area contributed by atoms with Gasteiger partial charge in [-0.1, -0.05) is 65.8 Å². The van der Waals surface area contributed by atoms with E-state index < -0.39 is 5.92 Å². The number of rotatable bonds is 5. The maximum Gasteiger partial charge on any atom is 0.323 e. The van der Waals surface area contributed by atoms with Gasteiger partial charge in [-0.05, 0) is 34.1 Å². The Morgan fingerprint density at radius 1 is 1.00 bits per heavy atom. The van der Waals surface area contributed by atoms with Crippen LogP contribution in [-0.4, -0.2) is 24.3 Å². The van der Waals surface area contributed by atoms with Crippen molar-refractivity contribution in [3.63, 3.8) is 0 Å². The number of hydrogen-bond acceptors (Lipinski definition) is 4. The molecule has 29 heavy (non-hydrogen) atoms. The van der Waals surface area contributed by atoms with Crippen molar-refractivity contribution >= 4 is 5.97 Å². The van der Waals surface area contributed by atoms with E-state index in [1.54, 1.807) is 0 Å². The van der Waals surface area contributed by atoms with Crippen molar-refractivity contribution in [1.82, 2.24) is 0 Å². The number of aliphatic hydroxyl groups excluding tert-OH is 1. The van der Waals surface area contributed by atoms with Gasteiger partial charge >= 0.3 is 5.97 Å². The van der Waals surface area contributed by atoms with Crippen molar-refractivity contribution in [2.75, 3.05) is 13.2 Å². The quantitative estimate of drug-likeness (QED) is 0.434. The first kappa shape index (κ1) is 21.4. The first-order chi connectivity index (χ1) is 13.5. The Labute approximate surface area is 173 Å². The monoisotopic (exact) mass is 396 g/mol. The maximum atomic E-state index is 12.9. The zero-order valence-corrected chi connectivity index (χ0v) is 18.3. The molecule has 0 fully saturated rings. The van der Waals surface area contributed by atoms with Gasteiger partial charge in [0.1, 0.15) is 17.4 Å². The molecule has 1 heterocycles. The molecular formula is C25H32O4. The smallest absolute Gasteiger partial charge is 0.323 e. The number of carbonyl (C=O) groups is 1. The van der Waals surface area contributed by atoms with Crippen molar-refractivity contribution in [3.05, 3.63) is 58.7 Å². The number of fused-ring (bicyclic) bond motifs is 1. The van der Waals surface area contributed by atoms with Crippen LogP contribution in [0.5, 0.6) is 11.5 Å². The molecule has 0 bridgehead atoms. The molecule has 0 radical (unpaired) electrons. The molecule has 2 aromatic rings. The van der Waals surface area contributed by atoms with Crippen LogP contribution < -0.4 is 9.47 Å². The Hall–Kier alpha value is -2.33. The molecule has 0 spiro atoms. The fourth-order valence-corrected chi connectivity index (χ4v) is 3.58. The fraction of sp³-hybridized carbons (Fsp3) is 0.480. The Bertz CT molecular complexity index is 883. The average molecular weight is 397 g/mol. The Morgan fingerprint density at radius 2 is 1.66 bits per heavy atom. The van der Waals surface area contributed by atoms with E-state index in [0.717, 1.165) is 22.4 Å². The van der Waals surface area contributed by atoms with Gasteiger partial charge in [0.15, 0.2) is 0 Å². The van der Waals surface area contributed by atoms with Crippen LogP contribution in [0, 0.1) is 0 Å². The van der Waals surface area contributed by atoms with Gasteiger partial charge < -0.3 is 14.6 Å². The maximum absolute atomic E-state index is 12.9. The van der Waals surface area contributed by atoms with Gasteiger partial charge in [0.05, 0.1) is 6.61 Å². The third-order valence-corrected chi connectivity index (χ3v) is 5.33. The summed E-state index contributed by atoms with van der Waals surface area (Å²) in [6.45, 7) is 13.6. The van der Waals surface area contributed by atoms with Crippen LogP contribution in [0.15, 0.2) is 36.4 Å². The molecule has 4 nitrogen and oxygen atoms in total. The minimum atomic E-state index is -0.431. The highest BCUT2D eigenvalue weighted by Crippen LogP contribution is 2.47. The number of esters is 1. The topological polar surface area (TPSA) is 55.8 Å². The molecular weight excluding hydrogens is 364 g/mol. The summed E-state index contributed by atoms with van der Waals surface area (Å²) >= 11 is 0. The number of hydrogen-bond donors (Lipinski definition) is 1. The summed E-state index contributed by atoms with van der Waals surface area (Å²) in [4.78, 5) is 12.9. The molecule has 1 aliphatic heterocycles. The van der Waals surface area contributed by atoms with Crippen LogP contribution in [0.25, 0.3) is 0 Å². The van der Waals surface area contributed by atoms with E-state index in [-0.39, 0.29) is 23.4 Å². The summed E-state index contributed by atoms with van der Waals surface area (Å²) in [6.07, 6.45) is 0.592. The summed E-state index contributed by atoms with van der Waals surface area (Å²) in [7, 11) is 0. The summed E-state index contributed by atoms with van der Waals surface area (Å²) in [6, 6.07) is 11.9. The third-order valence-electron chi connectivity index (χ3n) is 5.33. The molecule has 1 unspecified atom stereocenters. The molecule has 0 aliphatic carbocycles. The highest BCUT2D eigenvalue weighted by atomic mass is 16.5. The molecule has 0 saturated carbocycles. The molecule has 0 aromatic heterocycles. The lowest BCUT2D eigenvalue weighted by Gasteiger charge is -2.27. The van der Waals surface area contributed by atoms with Crippen LogP contribution in [-0.2, 0) is 15.6 Å². The van der Waals surface area contributed by atoms with Crippen molar-refractivity contribution < 1.29 is 19.4 Å². The first-order valence-corrected chi connectivity index (χ1v) is 10.3. The molecule has 0 saturated heterocycles. The first-order valence-electron chi connectivity index (χ1n) is 10.3. The molecule has 0 amide bonds. The summed E-state index contributed by atoms with van der Waals surface area (Å²) < 4.78 is 11.4. The summed E-state index contributed by atoms with van der Waals surface area (Å²) in [5.41, 5.74) is 3.95. The molecule has 3 rings (SSSR count). The Kier molecular flexibility index (Phi) is 5.77. The van der Waals surface area contributed by atoms with E-state index in [4.69, 9.17) is 14.6 Å². The van der Waals surface area contributed by atoms with Gasteiger partial charge in [0, 0.05) is 24.2 Å². The Balaban J connectivity index is 2.03. The van der Waals surface area contributed by atoms with Gasteiger partial charge in [0.25, 0.3) is 0 Å². The van der Waals surface area contributed by atoms with Crippen LogP contribution in [0.3, 0.4) is 0 Å². The van der Waals surface area contributed by atoms with Crippen LogP contribution >= 0.6 is 0 Å². The second-order valence-corrected chi connectivity index (χ2v) is 9.79. The molecule has 1 atom stereocenters. The number of benzene rings is 2. The lowest BCUT2D eigenvalue weighted by atomic mass is 9.77. The normalized spacial score (nSPS) is 16.5. The van der Waals surface area contributed by atoms with E-state index >= 15 is 0 Å². The van der Waals surface area contributed by atoms with Crippen LogP contribution in [0.1, 0.15) is 76.1 Å². The van der Waals surface area contributed by atoms with Gasteiger partial charge in [0.2, 0.25) is 0 Å². The standard InChI is InChI=1S/C25H32O4/c1-24(2,3)17-14-19-21(16-8-10-18(11-9-16)28-13-7-12-26)23(27)29-22(19)20(15-17)25(4,5)6/h8-11,14-15,21,26H,7,12-13H2,1-6H3. The zero-order valence-electron chi connectivity index (χ0n) is 18.3. The third kappa shape index (κ3) is 4.48. The lowest BCUT2D eigenvalue weighted by Crippen LogP contribution is -2.17. The van der Waals surface area contributed by atoms with Gasteiger partial charge in [-0.15, -0.1) is 0 Å². The number of ether oxygens (including phenoxy) is 2. The number of aliphatic hydroxyl groups is 1. The minimum absolute atomic E-state index is 0.0321. The molecule has 156 valence electrons. The minimum Gasteiger partial charge on any atom is -0.494 e. The summed E-state index contributed by atoms with van der Waals surface area (Å²) in [5.74, 6) is 0.779. The van der Waals surface area contributed by atoms with E-state index in [1.807, 2.05) is 24.3 Å². The average Bonchev–Trinajstić information content (AvgIpc) is 2.96. The fourth-order valence-electron chi connectivity index (χ4n) is 3.58. The van der Waals surface area contributed by atoms with E-state index in [2.05, 4.69) is 53.7 Å². The van der Waals surface area contributed by atoms with Crippen molar-refractivity contribution in [3.8, 4) is 11.5 Å². The van der Waals surface area contributed by atoms with E-state index in [1.165, 1.54) is 5.56 Å². The largest absolute Gasteiger partial charge is 0.494 e. The summed E-state index contributed by atoms with van der Waals surface area (Å²) in [5, 5.41) is 8.88. The van der Waals surface area contributed by atoms with Gasteiger partial charge in [-0.3, -0.25) is 4.79 Å². The zero-order chi connectivity index (χ0) is 21.4. The molecule has 4 heteroatoms. The molecule has 2 aromatic carbocycles. The molecule has 1 N–H and O–H groups in total. The molecule has 1 aliphatic rings. The SMILES string of the molecule is CC(C)(C)c1cc2c(c(C(C)(C)C)c1)OC(=O)C2c1ccc(OCCCO)cc1. The lowest BCUT2D eigenvalue weighted by molar-refractivity contribution is -0.133. The van der Waals surface area contributed by atoms with Crippen LogP contribution in [0.4, 0.5) is 0 Å². The predicted molar refractivity (Wildman–Crippen MR) is 115 cm³/mol. The predicted octanol–water partition coefficient (Wildman–Crippen LogP) is 5.09. The second-order valence-electron chi connectivity index (χ2n) is 9.79. The second kappa shape index (κ2) is 7.83. The van der Waals surface area contributed by atoms with Crippen molar-refractivity contribution in [2.24, 2.45) is 0 Å². The number of carbonyl (C=O) groups excluding carboxylic acids is 1. The Morgan fingerprint density at radius 3 is 2.21 bits per heavy atom. The van der Waals surface area contributed by atoms with E-state index in [9.17, 15) is 4.79 Å². The van der Waals surface area contributed by atoms with Crippen molar-refractivity contribution in [2.45, 2.75) is 64.7 Å². The van der Waals surface area contributed by atoms with E-state index in [0.29, 0.717) is 18.8 Å². The van der Waals surface area contributed by atoms with Crippen LogP contribution in [0.2, 0.25) is 0 Å². The highest BCUT2D eigenvalue weighted by Gasteiger charge is 2.39.